The molecule has 0 radical (unpaired) electrons. The predicted octanol–water partition coefficient (Wildman–Crippen LogP) is 3.87. The summed E-state index contributed by atoms with van der Waals surface area (Å²) in [6.45, 7) is 9.39. The van der Waals surface area contributed by atoms with Crippen molar-refractivity contribution in [2.45, 2.75) is 58.5 Å². The molecule has 2 heterocycles. The zero-order valence-corrected chi connectivity index (χ0v) is 20.6. The highest BCUT2D eigenvalue weighted by atomic mass is 35.5. The highest BCUT2D eigenvalue weighted by Gasteiger charge is 2.23. The summed E-state index contributed by atoms with van der Waals surface area (Å²) in [5.74, 6) is 0.325. The third-order valence-electron chi connectivity index (χ3n) is 5.89. The van der Waals surface area contributed by atoms with Crippen molar-refractivity contribution in [1.29, 1.82) is 0 Å². The Labute approximate surface area is 205 Å². The van der Waals surface area contributed by atoms with Crippen LogP contribution in [0.4, 0.5) is 0 Å². The first kappa shape index (κ1) is 24.3. The maximum absolute atomic E-state index is 12.9. The molecule has 0 bridgehead atoms. The Morgan fingerprint density at radius 2 is 1.74 bits per heavy atom. The summed E-state index contributed by atoms with van der Waals surface area (Å²) < 4.78 is 5.81. The van der Waals surface area contributed by atoms with Gasteiger partial charge in [0, 0.05) is 36.8 Å². The third-order valence-corrected chi connectivity index (χ3v) is 6.14. The van der Waals surface area contributed by atoms with Crippen LogP contribution in [0.5, 0.6) is 0 Å². The van der Waals surface area contributed by atoms with E-state index in [-0.39, 0.29) is 18.1 Å². The number of nitrogens with one attached hydrogen (secondary N) is 1. The van der Waals surface area contributed by atoms with Gasteiger partial charge < -0.3 is 10.1 Å². The molecule has 1 aromatic heterocycles. The normalized spacial score (nSPS) is 19.6. The van der Waals surface area contributed by atoms with Gasteiger partial charge in [-0.05, 0) is 60.9 Å². The van der Waals surface area contributed by atoms with Crippen LogP contribution >= 0.6 is 11.6 Å². The molecule has 1 aliphatic rings. The van der Waals surface area contributed by atoms with Gasteiger partial charge in [0.25, 0.3) is 0 Å². The van der Waals surface area contributed by atoms with Gasteiger partial charge in [-0.3, -0.25) is 9.69 Å². The molecule has 1 aliphatic heterocycles. The van der Waals surface area contributed by atoms with E-state index in [2.05, 4.69) is 63.7 Å². The number of rotatable bonds is 8. The van der Waals surface area contributed by atoms with E-state index in [0.717, 1.165) is 30.8 Å². The number of morpholine rings is 1. The van der Waals surface area contributed by atoms with Crippen molar-refractivity contribution in [3.63, 3.8) is 0 Å². The van der Waals surface area contributed by atoms with Crippen LogP contribution in [0.2, 0.25) is 5.02 Å². The van der Waals surface area contributed by atoms with Gasteiger partial charge in [0.2, 0.25) is 11.7 Å². The van der Waals surface area contributed by atoms with Crippen molar-refractivity contribution in [3.8, 4) is 11.4 Å². The zero-order valence-electron chi connectivity index (χ0n) is 19.8. The molecule has 0 saturated carbocycles. The van der Waals surface area contributed by atoms with Crippen molar-refractivity contribution in [1.82, 2.24) is 30.4 Å². The van der Waals surface area contributed by atoms with Crippen molar-refractivity contribution >= 4 is 17.5 Å². The average molecular weight is 483 g/mol. The highest BCUT2D eigenvalue weighted by molar-refractivity contribution is 6.30. The summed E-state index contributed by atoms with van der Waals surface area (Å²) in [5, 5.41) is 16.3. The number of hydrogen-bond donors (Lipinski definition) is 1. The van der Waals surface area contributed by atoms with Crippen LogP contribution < -0.4 is 5.32 Å². The van der Waals surface area contributed by atoms with E-state index in [0.29, 0.717) is 23.8 Å². The molecule has 1 amide bonds. The molecule has 1 fully saturated rings. The first-order chi connectivity index (χ1) is 16.4. The van der Waals surface area contributed by atoms with Gasteiger partial charge in [-0.15, -0.1) is 10.2 Å². The fourth-order valence-electron chi connectivity index (χ4n) is 4.27. The molecule has 4 rings (SSSR count). The van der Waals surface area contributed by atoms with Crippen molar-refractivity contribution in [2.75, 3.05) is 13.1 Å². The van der Waals surface area contributed by atoms with Crippen molar-refractivity contribution in [3.05, 3.63) is 64.7 Å². The quantitative estimate of drug-likeness (QED) is 0.524. The van der Waals surface area contributed by atoms with E-state index in [9.17, 15) is 4.79 Å². The lowest BCUT2D eigenvalue weighted by atomic mass is 10.1. The molecule has 3 unspecified atom stereocenters. The Hall–Kier alpha value is -2.81. The Kier molecular flexibility index (Phi) is 7.92. The average Bonchev–Trinajstić information content (AvgIpc) is 3.29. The fraction of sp³-hybridized carbons (Fsp3) is 0.440. The summed E-state index contributed by atoms with van der Waals surface area (Å²) in [6.07, 6.45) is 1.07. The van der Waals surface area contributed by atoms with Crippen LogP contribution in [-0.2, 0) is 22.6 Å². The number of tetrazole rings is 1. The topological polar surface area (TPSA) is 85.2 Å². The summed E-state index contributed by atoms with van der Waals surface area (Å²) in [4.78, 5) is 16.7. The number of benzene rings is 2. The van der Waals surface area contributed by atoms with Gasteiger partial charge in [0.05, 0.1) is 12.2 Å². The molecule has 3 atom stereocenters. The van der Waals surface area contributed by atoms with Crippen LogP contribution in [0.1, 0.15) is 44.4 Å². The first-order valence-electron chi connectivity index (χ1n) is 11.7. The second-order valence-electron chi connectivity index (χ2n) is 8.85. The summed E-state index contributed by atoms with van der Waals surface area (Å²) in [6, 6.07) is 15.1. The summed E-state index contributed by atoms with van der Waals surface area (Å²) in [7, 11) is 0. The van der Waals surface area contributed by atoms with E-state index in [1.807, 2.05) is 19.1 Å². The fourth-order valence-corrected chi connectivity index (χ4v) is 4.39. The van der Waals surface area contributed by atoms with Crippen LogP contribution in [-0.4, -0.2) is 56.3 Å². The Bertz CT molecular complexity index is 1080. The van der Waals surface area contributed by atoms with E-state index in [1.165, 1.54) is 10.4 Å². The Morgan fingerprint density at radius 3 is 2.38 bits per heavy atom. The molecule has 34 heavy (non-hydrogen) atoms. The third kappa shape index (κ3) is 6.20. The Balaban J connectivity index is 1.32. The number of halogens is 1. The van der Waals surface area contributed by atoms with E-state index in [4.69, 9.17) is 16.3 Å². The number of hydrogen-bond acceptors (Lipinski definition) is 6. The molecule has 1 N–H and O–H groups in total. The lowest BCUT2D eigenvalue weighted by Crippen LogP contribution is -2.44. The molecule has 1 saturated heterocycles. The Morgan fingerprint density at radius 1 is 1.09 bits per heavy atom. The highest BCUT2D eigenvalue weighted by Crippen LogP contribution is 2.19. The molecular weight excluding hydrogens is 452 g/mol. The van der Waals surface area contributed by atoms with Crippen LogP contribution in [0, 0.1) is 0 Å². The standard InChI is InChI=1S/C25H31ClN6O2/c1-4-23(32-29-24(28-30-32)21-9-11-22(26)12-10-21)25(33)27-13-19-5-7-20(8-6-19)16-31-14-17(2)34-18(3)15-31/h5-12,17-18,23H,4,13-16H2,1-3H3,(H,27,33). The molecular formula is C25H31ClN6O2. The van der Waals surface area contributed by atoms with Crippen molar-refractivity contribution in [2.24, 2.45) is 0 Å². The lowest BCUT2D eigenvalue weighted by Gasteiger charge is -2.35. The molecule has 3 aromatic rings. The molecule has 2 aromatic carbocycles. The maximum Gasteiger partial charge on any atom is 0.247 e. The van der Waals surface area contributed by atoms with E-state index in [1.54, 1.807) is 12.1 Å². The molecule has 0 aliphatic carbocycles. The number of carbonyl (C=O) groups is 1. The van der Waals surface area contributed by atoms with Gasteiger partial charge in [-0.2, -0.15) is 4.80 Å². The molecule has 0 spiro atoms. The molecule has 9 heteroatoms. The van der Waals surface area contributed by atoms with Crippen LogP contribution in [0.15, 0.2) is 48.5 Å². The van der Waals surface area contributed by atoms with Gasteiger partial charge in [-0.1, -0.05) is 42.8 Å². The minimum atomic E-state index is -0.530. The van der Waals surface area contributed by atoms with Crippen LogP contribution in [0.25, 0.3) is 11.4 Å². The first-order valence-corrected chi connectivity index (χ1v) is 12.1. The number of aromatic nitrogens is 4. The minimum Gasteiger partial charge on any atom is -0.373 e. The maximum atomic E-state index is 12.9. The second kappa shape index (κ2) is 11.1. The lowest BCUT2D eigenvalue weighted by molar-refractivity contribution is -0.125. The van der Waals surface area contributed by atoms with E-state index < -0.39 is 6.04 Å². The summed E-state index contributed by atoms with van der Waals surface area (Å²) >= 11 is 5.95. The smallest absolute Gasteiger partial charge is 0.247 e. The number of ether oxygens (including phenoxy) is 1. The molecule has 8 nitrogen and oxygen atoms in total. The predicted molar refractivity (Wildman–Crippen MR) is 131 cm³/mol. The van der Waals surface area contributed by atoms with Gasteiger partial charge in [0.1, 0.15) is 0 Å². The van der Waals surface area contributed by atoms with Crippen molar-refractivity contribution < 1.29 is 9.53 Å². The SMILES string of the molecule is CCC(C(=O)NCc1ccc(CN2CC(C)OC(C)C2)cc1)n1nnc(-c2ccc(Cl)cc2)n1. The van der Waals surface area contributed by atoms with Gasteiger partial charge >= 0.3 is 0 Å². The molecule has 180 valence electrons. The second-order valence-corrected chi connectivity index (χ2v) is 9.29. The van der Waals surface area contributed by atoms with Crippen LogP contribution in [0.3, 0.4) is 0 Å². The largest absolute Gasteiger partial charge is 0.373 e. The minimum absolute atomic E-state index is 0.136. The monoisotopic (exact) mass is 482 g/mol. The number of amides is 1. The number of nitrogens with zero attached hydrogens (tertiary/aromatic N) is 5. The van der Waals surface area contributed by atoms with E-state index >= 15 is 0 Å². The van der Waals surface area contributed by atoms with Gasteiger partial charge in [0.15, 0.2) is 6.04 Å². The van der Waals surface area contributed by atoms with Gasteiger partial charge in [-0.25, -0.2) is 0 Å². The number of carbonyl (C=O) groups excluding carboxylic acids is 1. The summed E-state index contributed by atoms with van der Waals surface area (Å²) in [5.41, 5.74) is 3.10. The zero-order chi connectivity index (χ0) is 24.1.